The number of hydrogen-bond acceptors (Lipinski definition) is 7. The predicted octanol–water partition coefficient (Wildman–Crippen LogP) is 3.05. The van der Waals surface area contributed by atoms with Gasteiger partial charge in [0.1, 0.15) is 5.75 Å². The molecule has 2 aromatic carbocycles. The third kappa shape index (κ3) is 4.12. The Hall–Kier alpha value is -3.81. The Kier molecular flexibility index (Phi) is 4.92. The van der Waals surface area contributed by atoms with Crippen LogP contribution in [0.1, 0.15) is 17.0 Å². The Balaban J connectivity index is 1.34. The lowest BCUT2D eigenvalue weighted by molar-refractivity contribution is -0.112. The fraction of sp³-hybridized carbons (Fsp3) is 0.150. The van der Waals surface area contributed by atoms with Crippen molar-refractivity contribution in [3.63, 3.8) is 0 Å². The highest BCUT2D eigenvalue weighted by molar-refractivity contribution is 6.00. The molecule has 8 nitrogen and oxygen atoms in total. The summed E-state index contributed by atoms with van der Waals surface area (Å²) in [5.74, 6) is 2.15. The maximum atomic E-state index is 12.1. The van der Waals surface area contributed by atoms with Crippen molar-refractivity contribution in [2.45, 2.75) is 6.42 Å². The van der Waals surface area contributed by atoms with Crippen LogP contribution in [0.15, 0.2) is 53.0 Å². The van der Waals surface area contributed by atoms with Gasteiger partial charge in [0.15, 0.2) is 11.5 Å². The molecule has 0 spiro atoms. The number of amides is 1. The third-order valence-electron chi connectivity index (χ3n) is 4.04. The van der Waals surface area contributed by atoms with E-state index in [1.165, 1.54) is 6.08 Å². The van der Waals surface area contributed by atoms with Crippen molar-refractivity contribution in [2.24, 2.45) is 0 Å². The third-order valence-corrected chi connectivity index (χ3v) is 4.04. The smallest absolute Gasteiger partial charge is 0.322 e. The van der Waals surface area contributed by atoms with Gasteiger partial charge in [-0.05, 0) is 41.5 Å². The van der Waals surface area contributed by atoms with Crippen molar-refractivity contribution in [1.29, 1.82) is 0 Å². The number of benzene rings is 2. The summed E-state index contributed by atoms with van der Waals surface area (Å²) >= 11 is 0. The molecular weight excluding hydrogens is 362 g/mol. The first-order valence-corrected chi connectivity index (χ1v) is 8.53. The molecule has 0 saturated carbocycles. The predicted molar refractivity (Wildman–Crippen MR) is 100 cm³/mol. The number of rotatable bonds is 6. The van der Waals surface area contributed by atoms with Crippen LogP contribution >= 0.6 is 0 Å². The minimum Gasteiger partial charge on any atom is -0.497 e. The molecule has 1 amide bonds. The summed E-state index contributed by atoms with van der Waals surface area (Å²) in [6, 6.07) is 13.0. The van der Waals surface area contributed by atoms with Gasteiger partial charge in [0.05, 0.1) is 13.5 Å². The van der Waals surface area contributed by atoms with Crippen LogP contribution in [0.4, 0.5) is 6.01 Å². The van der Waals surface area contributed by atoms with E-state index in [2.05, 4.69) is 15.5 Å². The van der Waals surface area contributed by atoms with Crippen LogP contribution in [0, 0.1) is 0 Å². The van der Waals surface area contributed by atoms with Crippen LogP contribution in [0.25, 0.3) is 6.08 Å². The lowest BCUT2D eigenvalue weighted by Gasteiger charge is -2.00. The maximum absolute atomic E-state index is 12.1. The molecular formula is C20H17N3O5. The van der Waals surface area contributed by atoms with Crippen molar-refractivity contribution < 1.29 is 23.4 Å². The lowest BCUT2D eigenvalue weighted by Crippen LogP contribution is -2.07. The fourth-order valence-electron chi connectivity index (χ4n) is 2.63. The van der Waals surface area contributed by atoms with Gasteiger partial charge in [-0.3, -0.25) is 10.1 Å². The van der Waals surface area contributed by atoms with Crippen molar-refractivity contribution in [1.82, 2.24) is 10.2 Å². The molecule has 0 atom stereocenters. The van der Waals surface area contributed by atoms with Crippen molar-refractivity contribution in [2.75, 3.05) is 19.2 Å². The number of methoxy groups -OCH3 is 1. The molecule has 0 fully saturated rings. The number of anilines is 1. The summed E-state index contributed by atoms with van der Waals surface area (Å²) in [6.07, 6.45) is 3.50. The quantitative estimate of drug-likeness (QED) is 0.658. The molecule has 0 unspecified atom stereocenters. The number of ether oxygens (including phenoxy) is 3. The van der Waals surface area contributed by atoms with Crippen LogP contribution in [0.5, 0.6) is 17.2 Å². The summed E-state index contributed by atoms with van der Waals surface area (Å²) in [7, 11) is 1.61. The largest absolute Gasteiger partial charge is 0.497 e. The van der Waals surface area contributed by atoms with E-state index in [-0.39, 0.29) is 18.7 Å². The summed E-state index contributed by atoms with van der Waals surface area (Å²) < 4.78 is 21.2. The SMILES string of the molecule is COc1ccc(Cc2nnc(NC(=O)/C=C/c3ccc4c(c3)OCO4)o2)cc1. The molecule has 142 valence electrons. The second kappa shape index (κ2) is 7.83. The lowest BCUT2D eigenvalue weighted by atomic mass is 10.1. The molecule has 0 bridgehead atoms. The van der Waals surface area contributed by atoms with Gasteiger partial charge in [0.2, 0.25) is 12.7 Å². The Morgan fingerprint density at radius 2 is 1.96 bits per heavy atom. The number of fused-ring (bicyclic) bond motifs is 1. The Morgan fingerprint density at radius 3 is 2.79 bits per heavy atom. The van der Waals surface area contributed by atoms with Crippen LogP contribution in [-0.4, -0.2) is 30.0 Å². The van der Waals surface area contributed by atoms with Crippen LogP contribution in [0.3, 0.4) is 0 Å². The molecule has 4 rings (SSSR count). The maximum Gasteiger partial charge on any atom is 0.322 e. The van der Waals surface area contributed by atoms with Gasteiger partial charge in [-0.1, -0.05) is 23.3 Å². The fourth-order valence-corrected chi connectivity index (χ4v) is 2.63. The van der Waals surface area contributed by atoms with Crippen LogP contribution < -0.4 is 19.5 Å². The Morgan fingerprint density at radius 1 is 1.14 bits per heavy atom. The first-order valence-electron chi connectivity index (χ1n) is 8.53. The normalized spacial score (nSPS) is 12.3. The molecule has 1 aromatic heterocycles. The van der Waals surface area contributed by atoms with Crippen LogP contribution in [-0.2, 0) is 11.2 Å². The van der Waals surface area contributed by atoms with E-state index in [1.54, 1.807) is 25.3 Å². The zero-order valence-electron chi connectivity index (χ0n) is 15.0. The topological polar surface area (TPSA) is 95.7 Å². The van der Waals surface area contributed by atoms with Gasteiger partial charge in [-0.25, -0.2) is 0 Å². The monoisotopic (exact) mass is 379 g/mol. The van der Waals surface area contributed by atoms with Crippen molar-refractivity contribution >= 4 is 18.0 Å². The summed E-state index contributed by atoms with van der Waals surface area (Å²) in [4.78, 5) is 12.1. The number of nitrogens with zero attached hydrogens (tertiary/aromatic N) is 2. The number of aromatic nitrogens is 2. The van der Waals surface area contributed by atoms with Gasteiger partial charge in [-0.15, -0.1) is 5.10 Å². The van der Waals surface area contributed by atoms with Gasteiger partial charge in [-0.2, -0.15) is 0 Å². The highest BCUT2D eigenvalue weighted by Gasteiger charge is 2.13. The number of nitrogens with one attached hydrogen (secondary N) is 1. The first-order chi connectivity index (χ1) is 13.7. The molecule has 0 saturated heterocycles. The highest BCUT2D eigenvalue weighted by atomic mass is 16.7. The van der Waals surface area contributed by atoms with E-state index in [1.807, 2.05) is 30.3 Å². The Bertz CT molecular complexity index is 1010. The zero-order chi connectivity index (χ0) is 19.3. The van der Waals surface area contributed by atoms with Crippen molar-refractivity contribution in [3.8, 4) is 17.2 Å². The molecule has 28 heavy (non-hydrogen) atoms. The minimum atomic E-state index is -0.377. The molecule has 1 aliphatic rings. The Labute approximate surface area is 160 Å². The van der Waals surface area contributed by atoms with Gasteiger partial charge in [0.25, 0.3) is 5.91 Å². The number of carbonyl (C=O) groups excluding carboxylic acids is 1. The van der Waals surface area contributed by atoms with E-state index in [0.29, 0.717) is 23.8 Å². The molecule has 0 aliphatic carbocycles. The van der Waals surface area contributed by atoms with Crippen molar-refractivity contribution in [3.05, 3.63) is 65.6 Å². The van der Waals surface area contributed by atoms with Gasteiger partial charge < -0.3 is 18.6 Å². The molecule has 0 radical (unpaired) electrons. The summed E-state index contributed by atoms with van der Waals surface area (Å²) in [5.41, 5.74) is 1.80. The second-order valence-electron chi connectivity index (χ2n) is 5.96. The van der Waals surface area contributed by atoms with E-state index >= 15 is 0 Å². The highest BCUT2D eigenvalue weighted by Crippen LogP contribution is 2.32. The molecule has 3 aromatic rings. The molecule has 2 heterocycles. The molecule has 8 heteroatoms. The molecule has 1 aliphatic heterocycles. The van der Waals surface area contributed by atoms with E-state index in [9.17, 15) is 4.79 Å². The van der Waals surface area contributed by atoms with Crippen LogP contribution in [0.2, 0.25) is 0 Å². The van der Waals surface area contributed by atoms with Gasteiger partial charge >= 0.3 is 6.01 Å². The zero-order valence-corrected chi connectivity index (χ0v) is 15.0. The summed E-state index contributed by atoms with van der Waals surface area (Å²) in [5, 5.41) is 10.3. The number of carbonyl (C=O) groups is 1. The second-order valence-corrected chi connectivity index (χ2v) is 5.96. The first kappa shape index (κ1) is 17.6. The van der Waals surface area contributed by atoms with E-state index < -0.39 is 0 Å². The van der Waals surface area contributed by atoms with E-state index in [4.69, 9.17) is 18.6 Å². The minimum absolute atomic E-state index is 0.0452. The standard InChI is InChI=1S/C20H17N3O5/c1-25-15-6-2-14(3-7-15)11-19-22-23-20(28-19)21-18(24)9-5-13-4-8-16-17(10-13)27-12-26-16/h2-10H,11-12H2,1H3,(H,21,23,24)/b9-5+. The average Bonchev–Trinajstić information content (AvgIpc) is 3.36. The van der Waals surface area contributed by atoms with E-state index in [0.717, 1.165) is 16.9 Å². The number of hydrogen-bond donors (Lipinski definition) is 1. The summed E-state index contributed by atoms with van der Waals surface area (Å²) in [6.45, 7) is 0.207. The molecule has 1 N–H and O–H groups in total. The van der Waals surface area contributed by atoms with Gasteiger partial charge in [0, 0.05) is 6.08 Å². The average molecular weight is 379 g/mol.